The predicted octanol–water partition coefficient (Wildman–Crippen LogP) is 2.03. The first-order chi connectivity index (χ1) is 8.84. The molecule has 3 rings (SSSR count). The predicted molar refractivity (Wildman–Crippen MR) is 79.1 cm³/mol. The maximum Gasteiger partial charge on any atom is 0.253 e. The van der Waals surface area contributed by atoms with E-state index in [9.17, 15) is 4.79 Å². The molecule has 1 aromatic rings. The van der Waals surface area contributed by atoms with Gasteiger partial charge in [0.25, 0.3) is 5.91 Å². The van der Waals surface area contributed by atoms with Gasteiger partial charge < -0.3 is 10.2 Å². The van der Waals surface area contributed by atoms with Gasteiger partial charge in [0.2, 0.25) is 0 Å². The van der Waals surface area contributed by atoms with E-state index in [1.807, 2.05) is 11.0 Å². The Kier molecular flexibility index (Phi) is 4.83. The Morgan fingerprint density at radius 2 is 1.89 bits per heavy atom. The van der Waals surface area contributed by atoms with Crippen molar-refractivity contribution in [1.29, 1.82) is 0 Å². The Morgan fingerprint density at radius 1 is 1.05 bits per heavy atom. The molecule has 0 bridgehead atoms. The number of hydrogen-bond donors (Lipinski definition) is 1. The molecule has 104 valence electrons. The average Bonchev–Trinajstić information content (AvgIpc) is 2.69. The van der Waals surface area contributed by atoms with Crippen LogP contribution in [-0.4, -0.2) is 37.0 Å². The fraction of sp³-hybridized carbons (Fsp3) is 0.533. The molecule has 1 aliphatic heterocycles. The van der Waals surface area contributed by atoms with Crippen LogP contribution in [0.3, 0.4) is 0 Å². The molecule has 1 N–H and O–H groups in total. The highest BCUT2D eigenvalue weighted by atomic mass is 35.5. The van der Waals surface area contributed by atoms with E-state index >= 15 is 0 Å². The molecule has 2 aliphatic rings. The zero-order valence-corrected chi connectivity index (χ0v) is 12.0. The van der Waals surface area contributed by atoms with Crippen molar-refractivity contribution in [3.8, 4) is 0 Å². The smallest absolute Gasteiger partial charge is 0.253 e. The summed E-state index contributed by atoms with van der Waals surface area (Å²) in [6, 6.07) is 6.26. The minimum atomic E-state index is 0. The highest BCUT2D eigenvalue weighted by molar-refractivity contribution is 5.94. The Hall–Kier alpha value is -1.06. The number of fused-ring (bicyclic) bond motifs is 1. The monoisotopic (exact) mass is 280 g/mol. The topological polar surface area (TPSA) is 32.3 Å². The van der Waals surface area contributed by atoms with Gasteiger partial charge in [0.1, 0.15) is 0 Å². The van der Waals surface area contributed by atoms with Crippen LogP contribution >= 0.6 is 12.4 Å². The Bertz CT molecular complexity index is 453. The maximum atomic E-state index is 12.5. The van der Waals surface area contributed by atoms with Crippen molar-refractivity contribution in [3.63, 3.8) is 0 Å². The third kappa shape index (κ3) is 3.10. The molecule has 3 nitrogen and oxygen atoms in total. The van der Waals surface area contributed by atoms with Gasteiger partial charge >= 0.3 is 0 Å². The largest absolute Gasteiger partial charge is 0.337 e. The standard InChI is InChI=1S/C15H20N2O.ClH/c18-15(17-9-2-7-16-8-10-17)14-6-5-12-3-1-4-13(12)11-14;/h5-6,11,16H,1-4,7-10H2;1H. The number of nitrogens with one attached hydrogen (secondary N) is 1. The first-order valence-electron chi connectivity index (χ1n) is 6.96. The third-order valence-corrected chi connectivity index (χ3v) is 3.97. The van der Waals surface area contributed by atoms with Crippen LogP contribution in [0, 0.1) is 0 Å². The van der Waals surface area contributed by atoms with E-state index in [0.717, 1.165) is 44.6 Å². The highest BCUT2D eigenvalue weighted by Gasteiger charge is 2.19. The second kappa shape index (κ2) is 6.40. The molecular weight excluding hydrogens is 260 g/mol. The van der Waals surface area contributed by atoms with Crippen molar-refractivity contribution in [2.75, 3.05) is 26.2 Å². The molecule has 1 saturated heterocycles. The second-order valence-corrected chi connectivity index (χ2v) is 5.23. The van der Waals surface area contributed by atoms with E-state index in [0.29, 0.717) is 0 Å². The molecule has 0 saturated carbocycles. The van der Waals surface area contributed by atoms with Gasteiger partial charge in [-0.15, -0.1) is 12.4 Å². The molecule has 0 aromatic heterocycles. The van der Waals surface area contributed by atoms with Gasteiger partial charge in [-0.1, -0.05) is 6.07 Å². The first kappa shape index (κ1) is 14.4. The molecule has 1 aliphatic carbocycles. The lowest BCUT2D eigenvalue weighted by Crippen LogP contribution is -2.34. The second-order valence-electron chi connectivity index (χ2n) is 5.23. The summed E-state index contributed by atoms with van der Waals surface area (Å²) in [7, 11) is 0. The van der Waals surface area contributed by atoms with Crippen molar-refractivity contribution >= 4 is 18.3 Å². The highest BCUT2D eigenvalue weighted by Crippen LogP contribution is 2.23. The summed E-state index contributed by atoms with van der Waals surface area (Å²) < 4.78 is 0. The van der Waals surface area contributed by atoms with Crippen LogP contribution in [0.1, 0.15) is 34.3 Å². The van der Waals surface area contributed by atoms with E-state index in [1.165, 1.54) is 24.0 Å². The van der Waals surface area contributed by atoms with Crippen LogP contribution in [0.25, 0.3) is 0 Å². The van der Waals surface area contributed by atoms with Crippen molar-refractivity contribution < 1.29 is 4.79 Å². The van der Waals surface area contributed by atoms with Crippen LogP contribution in [-0.2, 0) is 12.8 Å². The maximum absolute atomic E-state index is 12.5. The summed E-state index contributed by atoms with van der Waals surface area (Å²) in [5.41, 5.74) is 3.69. The lowest BCUT2D eigenvalue weighted by molar-refractivity contribution is 0.0766. The molecule has 19 heavy (non-hydrogen) atoms. The van der Waals surface area contributed by atoms with Crippen molar-refractivity contribution in [1.82, 2.24) is 10.2 Å². The summed E-state index contributed by atoms with van der Waals surface area (Å²) in [4.78, 5) is 14.4. The Balaban J connectivity index is 0.00000133. The van der Waals surface area contributed by atoms with Gasteiger partial charge in [-0.25, -0.2) is 0 Å². The zero-order chi connectivity index (χ0) is 12.4. The number of aryl methyl sites for hydroxylation is 2. The molecule has 1 aromatic carbocycles. The number of carbonyl (C=O) groups excluding carboxylic acids is 1. The number of benzene rings is 1. The Labute approximate surface area is 120 Å². The summed E-state index contributed by atoms with van der Waals surface area (Å²) >= 11 is 0. The molecule has 0 atom stereocenters. The fourth-order valence-electron chi connectivity index (χ4n) is 2.94. The molecule has 0 radical (unpaired) electrons. The minimum Gasteiger partial charge on any atom is -0.337 e. The van der Waals surface area contributed by atoms with E-state index in [4.69, 9.17) is 0 Å². The number of carbonyl (C=O) groups is 1. The van der Waals surface area contributed by atoms with Gasteiger partial charge in [-0.05, 0) is 55.5 Å². The summed E-state index contributed by atoms with van der Waals surface area (Å²) in [5, 5.41) is 3.33. The van der Waals surface area contributed by atoms with Gasteiger partial charge in [-0.2, -0.15) is 0 Å². The molecule has 4 heteroatoms. The molecule has 1 fully saturated rings. The van der Waals surface area contributed by atoms with Crippen molar-refractivity contribution in [2.45, 2.75) is 25.7 Å². The van der Waals surface area contributed by atoms with E-state index in [-0.39, 0.29) is 18.3 Å². The van der Waals surface area contributed by atoms with Crippen molar-refractivity contribution in [2.24, 2.45) is 0 Å². The average molecular weight is 281 g/mol. The van der Waals surface area contributed by atoms with Crippen molar-refractivity contribution in [3.05, 3.63) is 34.9 Å². The van der Waals surface area contributed by atoms with Crippen LogP contribution < -0.4 is 5.32 Å². The Morgan fingerprint density at radius 3 is 2.79 bits per heavy atom. The first-order valence-corrected chi connectivity index (χ1v) is 6.96. The zero-order valence-electron chi connectivity index (χ0n) is 11.2. The lowest BCUT2D eigenvalue weighted by Gasteiger charge is -2.20. The van der Waals surface area contributed by atoms with Crippen LogP contribution in [0.2, 0.25) is 0 Å². The SMILES string of the molecule is Cl.O=C(c1ccc2c(c1)CCC2)N1CCCNCC1. The van der Waals surface area contributed by atoms with Gasteiger partial charge in [0, 0.05) is 25.2 Å². The molecule has 1 heterocycles. The minimum absolute atomic E-state index is 0. The third-order valence-electron chi connectivity index (χ3n) is 3.97. The van der Waals surface area contributed by atoms with Gasteiger partial charge in [0.15, 0.2) is 0 Å². The molecular formula is C15H21ClN2O. The summed E-state index contributed by atoms with van der Waals surface area (Å²) in [6.45, 7) is 3.64. The number of amides is 1. The normalized spacial score (nSPS) is 18.4. The molecule has 1 amide bonds. The number of rotatable bonds is 1. The number of nitrogens with zero attached hydrogens (tertiary/aromatic N) is 1. The van der Waals surface area contributed by atoms with Gasteiger partial charge in [0.05, 0.1) is 0 Å². The number of hydrogen-bond acceptors (Lipinski definition) is 2. The number of halogens is 1. The quantitative estimate of drug-likeness (QED) is 0.854. The van der Waals surface area contributed by atoms with E-state index in [2.05, 4.69) is 17.4 Å². The summed E-state index contributed by atoms with van der Waals surface area (Å²) in [5.74, 6) is 0.202. The van der Waals surface area contributed by atoms with E-state index < -0.39 is 0 Å². The molecule has 0 spiro atoms. The summed E-state index contributed by atoms with van der Waals surface area (Å²) in [6.07, 6.45) is 4.60. The lowest BCUT2D eigenvalue weighted by atomic mass is 10.1. The van der Waals surface area contributed by atoms with Gasteiger partial charge in [-0.3, -0.25) is 4.79 Å². The van der Waals surface area contributed by atoms with Crippen LogP contribution in [0.15, 0.2) is 18.2 Å². The molecule has 0 unspecified atom stereocenters. The fourth-order valence-corrected chi connectivity index (χ4v) is 2.94. The van der Waals surface area contributed by atoms with Crippen LogP contribution in [0.4, 0.5) is 0 Å². The van der Waals surface area contributed by atoms with Crippen LogP contribution in [0.5, 0.6) is 0 Å². The van der Waals surface area contributed by atoms with E-state index in [1.54, 1.807) is 0 Å².